The first kappa shape index (κ1) is 23.5. The third kappa shape index (κ3) is 5.65. The van der Waals surface area contributed by atoms with Crippen LogP contribution in [0.15, 0.2) is 29.6 Å². The molecule has 2 fully saturated rings. The van der Waals surface area contributed by atoms with Gasteiger partial charge in [0.15, 0.2) is 5.13 Å². The van der Waals surface area contributed by atoms with E-state index in [4.69, 9.17) is 9.47 Å². The van der Waals surface area contributed by atoms with Crippen LogP contribution >= 0.6 is 11.3 Å². The highest BCUT2D eigenvalue weighted by Crippen LogP contribution is 2.30. The zero-order chi connectivity index (χ0) is 23.8. The van der Waals surface area contributed by atoms with E-state index in [0.29, 0.717) is 18.1 Å². The fourth-order valence-corrected chi connectivity index (χ4v) is 4.82. The largest absolute Gasteiger partial charge is 0.444 e. The minimum absolute atomic E-state index is 0.185. The average molecular weight is 473 g/mol. The third-order valence-electron chi connectivity index (χ3n) is 5.61. The molecule has 0 spiro atoms. The first-order valence-corrected chi connectivity index (χ1v) is 12.2. The molecule has 1 aromatic carbocycles. The van der Waals surface area contributed by atoms with Crippen molar-refractivity contribution in [2.45, 2.75) is 64.9 Å². The highest BCUT2D eigenvalue weighted by atomic mass is 32.1. The Kier molecular flexibility index (Phi) is 6.63. The lowest BCUT2D eigenvalue weighted by atomic mass is 10.0. The molecular formula is C24H32N4O4S. The van der Waals surface area contributed by atoms with Crippen LogP contribution in [0.4, 0.5) is 15.6 Å². The summed E-state index contributed by atoms with van der Waals surface area (Å²) in [7, 11) is 0. The van der Waals surface area contributed by atoms with E-state index in [-0.39, 0.29) is 18.1 Å². The highest BCUT2D eigenvalue weighted by Gasteiger charge is 2.40. The fraction of sp³-hybridized carbons (Fsp3) is 0.542. The smallest absolute Gasteiger partial charge is 0.410 e. The summed E-state index contributed by atoms with van der Waals surface area (Å²) in [6, 6.07) is 7.75. The maximum Gasteiger partial charge on any atom is 0.410 e. The Bertz CT molecular complexity index is 1010. The number of ether oxygens (including phenoxy) is 2. The average Bonchev–Trinajstić information content (AvgIpc) is 3.13. The zero-order valence-electron chi connectivity index (χ0n) is 19.8. The molecule has 0 saturated carbocycles. The molecule has 2 aliphatic rings. The monoisotopic (exact) mass is 472 g/mol. The Labute approximate surface area is 198 Å². The highest BCUT2D eigenvalue weighted by molar-refractivity contribution is 7.14. The summed E-state index contributed by atoms with van der Waals surface area (Å²) in [5.41, 5.74) is 2.35. The lowest BCUT2D eigenvalue weighted by Crippen LogP contribution is -2.57. The van der Waals surface area contributed by atoms with E-state index in [1.807, 2.05) is 38.3 Å². The number of morpholine rings is 1. The van der Waals surface area contributed by atoms with Crippen LogP contribution in [-0.4, -0.2) is 65.4 Å². The molecule has 9 heteroatoms. The van der Waals surface area contributed by atoms with Gasteiger partial charge in [-0.25, -0.2) is 9.78 Å². The van der Waals surface area contributed by atoms with Gasteiger partial charge in [0.05, 0.1) is 17.9 Å². The molecule has 3 atom stereocenters. The van der Waals surface area contributed by atoms with E-state index in [9.17, 15) is 9.59 Å². The van der Waals surface area contributed by atoms with Crippen LogP contribution in [-0.2, 0) is 14.3 Å². The molecule has 1 aromatic heterocycles. The van der Waals surface area contributed by atoms with Gasteiger partial charge < -0.3 is 19.7 Å². The molecule has 0 bridgehead atoms. The molecule has 0 radical (unpaired) electrons. The summed E-state index contributed by atoms with van der Waals surface area (Å²) in [5, 5.41) is 5.32. The number of anilines is 2. The van der Waals surface area contributed by atoms with Gasteiger partial charge in [0.2, 0.25) is 5.91 Å². The number of rotatable bonds is 4. The van der Waals surface area contributed by atoms with Crippen molar-refractivity contribution in [3.05, 3.63) is 29.6 Å². The van der Waals surface area contributed by atoms with Crippen LogP contribution in [0.2, 0.25) is 0 Å². The predicted molar refractivity (Wildman–Crippen MR) is 130 cm³/mol. The standard InChI is InChI=1S/C24H32N4O4S/c1-15-12-27(13-16(2)31-15)18-8-6-7-17(11-18)19-14-33-22(25-19)26-21(29)20-9-10-28(20)23(30)32-24(3,4)5/h6-8,11,14-16,20H,9-10,12-13H2,1-5H3,(H,25,26,29)/t15-,16+,20-/m0/s1. The lowest BCUT2D eigenvalue weighted by molar-refractivity contribution is -0.125. The van der Waals surface area contributed by atoms with Crippen molar-refractivity contribution < 1.29 is 19.1 Å². The van der Waals surface area contributed by atoms with Gasteiger partial charge in [0, 0.05) is 36.3 Å². The summed E-state index contributed by atoms with van der Waals surface area (Å²) in [6.07, 6.45) is 0.523. The lowest BCUT2D eigenvalue weighted by Gasteiger charge is -2.39. The number of amides is 2. The van der Waals surface area contributed by atoms with Crippen molar-refractivity contribution in [3.63, 3.8) is 0 Å². The van der Waals surface area contributed by atoms with Gasteiger partial charge in [0.1, 0.15) is 11.6 Å². The number of nitrogens with zero attached hydrogens (tertiary/aromatic N) is 3. The number of carbonyl (C=O) groups is 2. The van der Waals surface area contributed by atoms with Gasteiger partial charge in [0.25, 0.3) is 0 Å². The van der Waals surface area contributed by atoms with Gasteiger partial charge >= 0.3 is 6.09 Å². The predicted octanol–water partition coefficient (Wildman–Crippen LogP) is 4.37. The number of benzene rings is 1. The topological polar surface area (TPSA) is 84.0 Å². The molecule has 33 heavy (non-hydrogen) atoms. The number of carbonyl (C=O) groups excluding carboxylic acids is 2. The van der Waals surface area contributed by atoms with Crippen molar-refractivity contribution >= 4 is 34.2 Å². The van der Waals surface area contributed by atoms with Gasteiger partial charge in [-0.05, 0) is 53.2 Å². The zero-order valence-corrected chi connectivity index (χ0v) is 20.6. The van der Waals surface area contributed by atoms with Gasteiger partial charge in [-0.3, -0.25) is 9.69 Å². The first-order valence-electron chi connectivity index (χ1n) is 11.4. The van der Waals surface area contributed by atoms with E-state index in [0.717, 1.165) is 30.0 Å². The van der Waals surface area contributed by atoms with Crippen molar-refractivity contribution in [3.8, 4) is 11.3 Å². The third-order valence-corrected chi connectivity index (χ3v) is 6.37. The van der Waals surface area contributed by atoms with E-state index in [2.05, 4.69) is 41.2 Å². The number of hydrogen-bond donors (Lipinski definition) is 1. The number of hydrogen-bond acceptors (Lipinski definition) is 7. The molecule has 2 aliphatic heterocycles. The molecule has 1 N–H and O–H groups in total. The fourth-order valence-electron chi connectivity index (χ4n) is 4.10. The second kappa shape index (κ2) is 9.30. The van der Waals surface area contributed by atoms with Crippen molar-refractivity contribution in [1.82, 2.24) is 9.88 Å². The molecule has 178 valence electrons. The molecule has 0 unspecified atom stereocenters. The SMILES string of the molecule is C[C@@H]1CN(c2cccc(-c3csc(NC(=O)[C@@H]4CCN4C(=O)OC(C)(C)C)n3)c2)C[C@H](C)O1. The summed E-state index contributed by atoms with van der Waals surface area (Å²) >= 11 is 1.38. The van der Waals surface area contributed by atoms with E-state index >= 15 is 0 Å². The van der Waals surface area contributed by atoms with Crippen LogP contribution in [0.25, 0.3) is 11.3 Å². The first-order chi connectivity index (χ1) is 15.6. The van der Waals surface area contributed by atoms with Gasteiger partial charge in [-0.2, -0.15) is 0 Å². The molecule has 2 aromatic rings. The number of likely N-dealkylation sites (tertiary alicyclic amines) is 1. The molecule has 2 amide bonds. The van der Waals surface area contributed by atoms with E-state index in [1.54, 1.807) is 0 Å². The second-order valence-electron chi connectivity index (χ2n) is 9.72. The van der Waals surface area contributed by atoms with E-state index < -0.39 is 17.7 Å². The second-order valence-corrected chi connectivity index (χ2v) is 10.6. The van der Waals surface area contributed by atoms with E-state index in [1.165, 1.54) is 16.2 Å². The quantitative estimate of drug-likeness (QED) is 0.711. The normalized spacial score (nSPS) is 23.1. The Balaban J connectivity index is 1.40. The maximum absolute atomic E-state index is 12.7. The molecule has 4 rings (SSSR count). The minimum atomic E-state index is -0.594. The Morgan fingerprint density at radius 3 is 2.58 bits per heavy atom. The van der Waals surface area contributed by atoms with Crippen LogP contribution in [0, 0.1) is 0 Å². The molecule has 2 saturated heterocycles. The van der Waals surface area contributed by atoms with Crippen LogP contribution in [0.5, 0.6) is 0 Å². The molecule has 8 nitrogen and oxygen atoms in total. The van der Waals surface area contributed by atoms with Crippen molar-refractivity contribution in [1.29, 1.82) is 0 Å². The molecule has 3 heterocycles. The minimum Gasteiger partial charge on any atom is -0.444 e. The Morgan fingerprint density at radius 1 is 1.21 bits per heavy atom. The maximum atomic E-state index is 12.7. The molecular weight excluding hydrogens is 440 g/mol. The van der Waals surface area contributed by atoms with Crippen molar-refractivity contribution in [2.24, 2.45) is 0 Å². The van der Waals surface area contributed by atoms with Gasteiger partial charge in [-0.15, -0.1) is 11.3 Å². The van der Waals surface area contributed by atoms with Crippen LogP contribution in [0.1, 0.15) is 41.0 Å². The van der Waals surface area contributed by atoms with Crippen LogP contribution in [0.3, 0.4) is 0 Å². The Hall–Kier alpha value is -2.65. The number of nitrogens with one attached hydrogen (secondary N) is 1. The molecule has 0 aliphatic carbocycles. The Morgan fingerprint density at radius 2 is 1.94 bits per heavy atom. The summed E-state index contributed by atoms with van der Waals surface area (Å²) in [6.45, 7) is 11.8. The van der Waals surface area contributed by atoms with Gasteiger partial charge in [-0.1, -0.05) is 12.1 Å². The van der Waals surface area contributed by atoms with Crippen molar-refractivity contribution in [2.75, 3.05) is 29.9 Å². The summed E-state index contributed by atoms with van der Waals surface area (Å²) in [4.78, 5) is 33.4. The number of aromatic nitrogens is 1. The summed E-state index contributed by atoms with van der Waals surface area (Å²) in [5.74, 6) is -0.238. The van der Waals surface area contributed by atoms with Crippen LogP contribution < -0.4 is 10.2 Å². The summed E-state index contributed by atoms with van der Waals surface area (Å²) < 4.78 is 11.2. The number of thiazole rings is 1.